The Bertz CT molecular complexity index is 392. The van der Waals surface area contributed by atoms with Gasteiger partial charge in [0.05, 0.1) is 12.8 Å². The van der Waals surface area contributed by atoms with Crippen LogP contribution in [0.5, 0.6) is 11.6 Å². The van der Waals surface area contributed by atoms with E-state index in [1.807, 2.05) is 19.1 Å². The fourth-order valence-electron chi connectivity index (χ4n) is 2.25. The van der Waals surface area contributed by atoms with Gasteiger partial charge in [0.1, 0.15) is 11.9 Å². The number of pyridine rings is 1. The van der Waals surface area contributed by atoms with E-state index in [0.29, 0.717) is 18.5 Å². The van der Waals surface area contributed by atoms with Crippen molar-refractivity contribution in [2.75, 3.05) is 6.61 Å². The summed E-state index contributed by atoms with van der Waals surface area (Å²) in [7, 11) is 0. The van der Waals surface area contributed by atoms with E-state index in [2.05, 4.69) is 31.1 Å². The van der Waals surface area contributed by atoms with Gasteiger partial charge in [-0.1, -0.05) is 0 Å². The van der Waals surface area contributed by atoms with Crippen molar-refractivity contribution in [1.29, 1.82) is 0 Å². The zero-order chi connectivity index (χ0) is 13.9. The van der Waals surface area contributed by atoms with Gasteiger partial charge in [0.15, 0.2) is 0 Å². The number of hydrogen-bond acceptors (Lipinski definition) is 4. The van der Waals surface area contributed by atoms with Gasteiger partial charge in [0, 0.05) is 17.6 Å². The van der Waals surface area contributed by atoms with Crippen molar-refractivity contribution < 1.29 is 9.47 Å². The predicted molar refractivity (Wildman–Crippen MR) is 75.7 cm³/mol. The Hall–Kier alpha value is -1.29. The molecule has 0 atom stereocenters. The van der Waals surface area contributed by atoms with E-state index in [9.17, 15) is 0 Å². The minimum Gasteiger partial charge on any atom is -0.492 e. The Labute approximate surface area is 115 Å². The number of nitrogens with one attached hydrogen (secondary N) is 1. The molecule has 1 aromatic heterocycles. The number of hydrogen-bond donors (Lipinski definition) is 1. The molecule has 2 rings (SSSR count). The third-order valence-electron chi connectivity index (χ3n) is 3.04. The molecule has 1 aromatic rings. The van der Waals surface area contributed by atoms with Gasteiger partial charge in [0.2, 0.25) is 5.88 Å². The molecule has 1 saturated carbocycles. The zero-order valence-electron chi connectivity index (χ0n) is 12.3. The minimum atomic E-state index is 0.174. The number of aromatic nitrogens is 1. The summed E-state index contributed by atoms with van der Waals surface area (Å²) in [5.41, 5.74) is 0.174. The van der Waals surface area contributed by atoms with Crippen LogP contribution in [0.2, 0.25) is 0 Å². The molecule has 0 aromatic carbocycles. The molecule has 106 valence electrons. The largest absolute Gasteiger partial charge is 0.492 e. The topological polar surface area (TPSA) is 43.4 Å². The highest BCUT2D eigenvalue weighted by Crippen LogP contribution is 2.27. The van der Waals surface area contributed by atoms with Crippen molar-refractivity contribution >= 4 is 0 Å². The third-order valence-corrected chi connectivity index (χ3v) is 3.04. The van der Waals surface area contributed by atoms with Crippen LogP contribution in [0.3, 0.4) is 0 Å². The molecule has 4 nitrogen and oxygen atoms in total. The minimum absolute atomic E-state index is 0.174. The second-order valence-corrected chi connectivity index (χ2v) is 6.07. The fourth-order valence-corrected chi connectivity index (χ4v) is 2.25. The molecule has 1 heterocycles. The Kier molecular flexibility index (Phi) is 4.30. The number of rotatable bonds is 5. The number of ether oxygens (including phenoxy) is 2. The molecule has 0 aliphatic heterocycles. The van der Waals surface area contributed by atoms with E-state index in [1.165, 1.54) is 0 Å². The Morgan fingerprint density at radius 3 is 2.58 bits per heavy atom. The summed E-state index contributed by atoms with van der Waals surface area (Å²) in [6.45, 7) is 9.19. The van der Waals surface area contributed by atoms with Gasteiger partial charge < -0.3 is 14.8 Å². The summed E-state index contributed by atoms with van der Waals surface area (Å²) >= 11 is 0. The van der Waals surface area contributed by atoms with Crippen LogP contribution in [0.4, 0.5) is 0 Å². The molecule has 0 bridgehead atoms. The lowest BCUT2D eigenvalue weighted by atomic mass is 9.87. The van der Waals surface area contributed by atoms with Crippen LogP contribution < -0.4 is 14.8 Å². The monoisotopic (exact) mass is 264 g/mol. The second-order valence-electron chi connectivity index (χ2n) is 6.07. The van der Waals surface area contributed by atoms with Gasteiger partial charge in [-0.25, -0.2) is 4.98 Å². The maximum atomic E-state index is 5.82. The summed E-state index contributed by atoms with van der Waals surface area (Å²) in [5.74, 6) is 1.47. The highest BCUT2D eigenvalue weighted by molar-refractivity contribution is 5.23. The van der Waals surface area contributed by atoms with Crippen LogP contribution in [0, 0.1) is 0 Å². The first-order valence-corrected chi connectivity index (χ1v) is 6.99. The molecule has 0 unspecified atom stereocenters. The highest BCUT2D eigenvalue weighted by atomic mass is 16.5. The van der Waals surface area contributed by atoms with E-state index in [0.717, 1.165) is 18.6 Å². The van der Waals surface area contributed by atoms with Crippen molar-refractivity contribution in [2.24, 2.45) is 0 Å². The maximum absolute atomic E-state index is 5.82. The summed E-state index contributed by atoms with van der Waals surface area (Å²) in [4.78, 5) is 4.25. The van der Waals surface area contributed by atoms with Gasteiger partial charge in [-0.3, -0.25) is 0 Å². The first-order valence-electron chi connectivity index (χ1n) is 6.99. The van der Waals surface area contributed by atoms with E-state index in [1.54, 1.807) is 6.20 Å². The average molecular weight is 264 g/mol. The second kappa shape index (κ2) is 5.78. The van der Waals surface area contributed by atoms with Crippen LogP contribution in [0.15, 0.2) is 18.3 Å². The van der Waals surface area contributed by atoms with Crippen molar-refractivity contribution in [3.63, 3.8) is 0 Å². The standard InChI is InChI=1S/C15H24N2O2/c1-5-18-12-6-7-14(16-10-12)19-13-8-11(9-13)17-15(2,3)4/h6-7,10-11,13,17H,5,8-9H2,1-4H3/t11-,13+. The van der Waals surface area contributed by atoms with E-state index >= 15 is 0 Å². The highest BCUT2D eigenvalue weighted by Gasteiger charge is 2.33. The van der Waals surface area contributed by atoms with Crippen LogP contribution in [-0.2, 0) is 0 Å². The first kappa shape index (κ1) is 14.1. The van der Waals surface area contributed by atoms with E-state index in [4.69, 9.17) is 9.47 Å². The average Bonchev–Trinajstić information content (AvgIpc) is 2.27. The molecule has 1 aliphatic carbocycles. The molecule has 0 amide bonds. The van der Waals surface area contributed by atoms with Crippen molar-refractivity contribution in [2.45, 2.75) is 58.2 Å². The molecule has 1 fully saturated rings. The summed E-state index contributed by atoms with van der Waals surface area (Å²) in [6.07, 6.45) is 4.09. The molecular formula is C15H24N2O2. The van der Waals surface area contributed by atoms with Crippen LogP contribution in [0.25, 0.3) is 0 Å². The molecule has 0 saturated heterocycles. The lowest BCUT2D eigenvalue weighted by Crippen LogP contribution is -2.53. The Morgan fingerprint density at radius 1 is 1.32 bits per heavy atom. The van der Waals surface area contributed by atoms with Gasteiger partial charge in [0.25, 0.3) is 0 Å². The molecule has 19 heavy (non-hydrogen) atoms. The quantitative estimate of drug-likeness (QED) is 0.888. The van der Waals surface area contributed by atoms with Crippen molar-refractivity contribution in [1.82, 2.24) is 10.3 Å². The predicted octanol–water partition coefficient (Wildman–Crippen LogP) is 2.78. The Balaban J connectivity index is 1.75. The first-order chi connectivity index (χ1) is 8.96. The van der Waals surface area contributed by atoms with Gasteiger partial charge in [-0.15, -0.1) is 0 Å². The normalized spacial score (nSPS) is 22.7. The van der Waals surface area contributed by atoms with Crippen molar-refractivity contribution in [3.05, 3.63) is 18.3 Å². The van der Waals surface area contributed by atoms with Crippen LogP contribution in [0.1, 0.15) is 40.5 Å². The zero-order valence-corrected chi connectivity index (χ0v) is 12.3. The summed E-state index contributed by atoms with van der Waals surface area (Å²) in [5, 5.41) is 3.58. The lowest BCUT2D eigenvalue weighted by molar-refractivity contribution is 0.0693. The SMILES string of the molecule is CCOc1ccc(O[C@H]2C[C@@H](NC(C)(C)C)C2)nc1. The maximum Gasteiger partial charge on any atom is 0.213 e. The van der Waals surface area contributed by atoms with E-state index in [-0.39, 0.29) is 11.6 Å². The molecule has 1 aliphatic rings. The van der Waals surface area contributed by atoms with Gasteiger partial charge in [-0.05, 0) is 46.6 Å². The Morgan fingerprint density at radius 2 is 2.05 bits per heavy atom. The van der Waals surface area contributed by atoms with Crippen molar-refractivity contribution in [3.8, 4) is 11.6 Å². The van der Waals surface area contributed by atoms with Crippen LogP contribution >= 0.6 is 0 Å². The van der Waals surface area contributed by atoms with Crippen LogP contribution in [-0.4, -0.2) is 29.3 Å². The summed E-state index contributed by atoms with van der Waals surface area (Å²) in [6, 6.07) is 4.33. The number of nitrogens with zero attached hydrogens (tertiary/aromatic N) is 1. The third kappa shape index (κ3) is 4.39. The molecule has 0 radical (unpaired) electrons. The molecule has 1 N–H and O–H groups in total. The van der Waals surface area contributed by atoms with Gasteiger partial charge >= 0.3 is 0 Å². The molecule has 4 heteroatoms. The summed E-state index contributed by atoms with van der Waals surface area (Å²) < 4.78 is 11.2. The lowest BCUT2D eigenvalue weighted by Gasteiger charge is -2.39. The molecule has 0 spiro atoms. The molecular weight excluding hydrogens is 240 g/mol. The fraction of sp³-hybridized carbons (Fsp3) is 0.667. The smallest absolute Gasteiger partial charge is 0.213 e. The van der Waals surface area contributed by atoms with E-state index < -0.39 is 0 Å². The van der Waals surface area contributed by atoms with Gasteiger partial charge in [-0.2, -0.15) is 0 Å².